The van der Waals surface area contributed by atoms with Gasteiger partial charge in [0.05, 0.1) is 0 Å². The first-order valence-electron chi connectivity index (χ1n) is 3.16. The molecule has 0 atom stereocenters. The fraction of sp³-hybridized carbons (Fsp3) is 0. The lowest BCUT2D eigenvalue weighted by atomic mass is 10.3. The van der Waals surface area contributed by atoms with Gasteiger partial charge in [-0.05, 0) is 12.1 Å². The molecule has 0 saturated heterocycles. The summed E-state index contributed by atoms with van der Waals surface area (Å²) in [5.74, 6) is 0.693. The van der Waals surface area contributed by atoms with E-state index in [0.717, 1.165) is 5.56 Å². The van der Waals surface area contributed by atoms with Crippen molar-refractivity contribution < 1.29 is 0 Å². The van der Waals surface area contributed by atoms with Crippen LogP contribution in [-0.4, -0.2) is 20.2 Å². The van der Waals surface area contributed by atoms with Gasteiger partial charge in [0.15, 0.2) is 12.2 Å². The molecule has 0 aliphatic carbocycles. The van der Waals surface area contributed by atoms with Gasteiger partial charge >= 0.3 is 0 Å². The first-order chi connectivity index (χ1) is 5.47. The molecular weight excluding hydrogens is 140 g/mol. The number of H-pyrrole nitrogens is 1. The van der Waals surface area contributed by atoms with Crippen LogP contribution >= 0.6 is 0 Å². The SMILES string of the molecule is [c]1nnc(-c2cccnc2)[nH]1. The van der Waals surface area contributed by atoms with Crippen LogP contribution in [0.3, 0.4) is 0 Å². The molecule has 0 spiro atoms. The summed E-state index contributed by atoms with van der Waals surface area (Å²) in [5.41, 5.74) is 0.918. The van der Waals surface area contributed by atoms with Crippen LogP contribution in [0.1, 0.15) is 0 Å². The molecule has 0 bridgehead atoms. The molecule has 0 unspecified atom stereocenters. The van der Waals surface area contributed by atoms with E-state index in [0.29, 0.717) is 5.82 Å². The molecule has 1 N–H and O–H groups in total. The molecule has 0 aromatic carbocycles. The van der Waals surface area contributed by atoms with Crippen LogP contribution in [0, 0.1) is 6.33 Å². The zero-order valence-corrected chi connectivity index (χ0v) is 5.65. The maximum Gasteiger partial charge on any atom is 0.199 e. The lowest BCUT2D eigenvalue weighted by molar-refractivity contribution is 1.09. The van der Waals surface area contributed by atoms with Gasteiger partial charge in [0.25, 0.3) is 0 Å². The Morgan fingerprint density at radius 3 is 3.09 bits per heavy atom. The largest absolute Gasteiger partial charge is 0.318 e. The lowest BCUT2D eigenvalue weighted by Gasteiger charge is -1.90. The molecule has 0 aliphatic rings. The van der Waals surface area contributed by atoms with Crippen molar-refractivity contribution >= 4 is 0 Å². The van der Waals surface area contributed by atoms with Gasteiger partial charge in [-0.3, -0.25) is 4.98 Å². The summed E-state index contributed by atoms with van der Waals surface area (Å²) in [6.45, 7) is 0. The fourth-order valence-electron chi connectivity index (χ4n) is 0.811. The molecule has 0 amide bonds. The second-order valence-electron chi connectivity index (χ2n) is 2.03. The summed E-state index contributed by atoms with van der Waals surface area (Å²) in [7, 11) is 0. The highest BCUT2D eigenvalue weighted by atomic mass is 15.2. The quantitative estimate of drug-likeness (QED) is 0.641. The van der Waals surface area contributed by atoms with Crippen molar-refractivity contribution in [2.24, 2.45) is 0 Å². The monoisotopic (exact) mass is 145 g/mol. The van der Waals surface area contributed by atoms with Gasteiger partial charge in [-0.1, -0.05) is 0 Å². The minimum atomic E-state index is 0.693. The Hall–Kier alpha value is -1.71. The van der Waals surface area contributed by atoms with E-state index in [1.54, 1.807) is 12.4 Å². The lowest BCUT2D eigenvalue weighted by Crippen LogP contribution is -1.80. The first kappa shape index (κ1) is 6.03. The molecule has 4 heteroatoms. The Kier molecular flexibility index (Phi) is 1.37. The van der Waals surface area contributed by atoms with E-state index in [1.807, 2.05) is 12.1 Å². The van der Waals surface area contributed by atoms with E-state index in [-0.39, 0.29) is 0 Å². The molecule has 4 nitrogen and oxygen atoms in total. The highest BCUT2D eigenvalue weighted by molar-refractivity contribution is 5.51. The number of rotatable bonds is 1. The number of aromatic nitrogens is 4. The number of aromatic amines is 1. The molecule has 0 saturated carbocycles. The number of hydrogen-bond acceptors (Lipinski definition) is 3. The molecule has 53 valence electrons. The summed E-state index contributed by atoms with van der Waals surface area (Å²) in [4.78, 5) is 6.71. The molecule has 11 heavy (non-hydrogen) atoms. The van der Waals surface area contributed by atoms with E-state index in [9.17, 15) is 0 Å². The van der Waals surface area contributed by atoms with Crippen molar-refractivity contribution in [3.05, 3.63) is 30.9 Å². The predicted octanol–water partition coefficient (Wildman–Crippen LogP) is 0.667. The van der Waals surface area contributed by atoms with Gasteiger partial charge in [0, 0.05) is 18.0 Å². The van der Waals surface area contributed by atoms with Crippen molar-refractivity contribution in [2.45, 2.75) is 0 Å². The van der Waals surface area contributed by atoms with E-state index in [4.69, 9.17) is 0 Å². The molecule has 0 fully saturated rings. The van der Waals surface area contributed by atoms with E-state index >= 15 is 0 Å². The number of nitrogens with one attached hydrogen (secondary N) is 1. The third-order valence-electron chi connectivity index (χ3n) is 1.31. The van der Waals surface area contributed by atoms with Gasteiger partial charge in [-0.15, -0.1) is 10.2 Å². The van der Waals surface area contributed by atoms with Gasteiger partial charge in [0.1, 0.15) is 0 Å². The zero-order chi connectivity index (χ0) is 7.52. The minimum Gasteiger partial charge on any atom is -0.318 e. The highest BCUT2D eigenvalue weighted by Crippen LogP contribution is 2.09. The van der Waals surface area contributed by atoms with Gasteiger partial charge in [0.2, 0.25) is 0 Å². The van der Waals surface area contributed by atoms with Gasteiger partial charge in [-0.2, -0.15) is 0 Å². The molecular formula is C7H5N4. The van der Waals surface area contributed by atoms with Crippen LogP contribution < -0.4 is 0 Å². The average molecular weight is 145 g/mol. The van der Waals surface area contributed by atoms with E-state index in [1.165, 1.54) is 0 Å². The third kappa shape index (κ3) is 1.10. The standard InChI is InChI=1S/C7H5N4/c1-2-6(4-8-3-1)7-9-5-10-11-7/h1-4H,(H,9,10,11). The van der Waals surface area contributed by atoms with Crippen LogP contribution in [0.2, 0.25) is 0 Å². The smallest absolute Gasteiger partial charge is 0.199 e. The van der Waals surface area contributed by atoms with E-state index < -0.39 is 0 Å². The molecule has 0 aliphatic heterocycles. The second kappa shape index (κ2) is 2.49. The highest BCUT2D eigenvalue weighted by Gasteiger charge is 1.97. The maximum absolute atomic E-state index is 3.94. The van der Waals surface area contributed by atoms with Crippen molar-refractivity contribution in [1.29, 1.82) is 0 Å². The fourth-order valence-corrected chi connectivity index (χ4v) is 0.811. The second-order valence-corrected chi connectivity index (χ2v) is 2.03. The third-order valence-corrected chi connectivity index (χ3v) is 1.31. The first-order valence-corrected chi connectivity index (χ1v) is 3.16. The van der Waals surface area contributed by atoms with Crippen LogP contribution in [0.25, 0.3) is 11.4 Å². The summed E-state index contributed by atoms with van der Waals surface area (Å²) in [6.07, 6.45) is 5.94. The number of nitrogens with zero attached hydrogens (tertiary/aromatic N) is 3. The predicted molar refractivity (Wildman–Crippen MR) is 38.4 cm³/mol. The Labute approximate surface area is 63.3 Å². The molecule has 1 radical (unpaired) electrons. The van der Waals surface area contributed by atoms with Crippen LogP contribution in [-0.2, 0) is 0 Å². The summed E-state index contributed by atoms with van der Waals surface area (Å²) in [6, 6.07) is 3.75. The number of pyridine rings is 1. The Balaban J connectivity index is 2.46. The molecule has 2 rings (SSSR count). The average Bonchev–Trinajstić information content (AvgIpc) is 2.58. The van der Waals surface area contributed by atoms with Crippen molar-refractivity contribution in [2.75, 3.05) is 0 Å². The minimum absolute atomic E-state index is 0.693. The van der Waals surface area contributed by atoms with Crippen molar-refractivity contribution in [3.8, 4) is 11.4 Å². The van der Waals surface area contributed by atoms with Crippen LogP contribution in [0.4, 0.5) is 0 Å². The zero-order valence-electron chi connectivity index (χ0n) is 5.65. The van der Waals surface area contributed by atoms with Crippen molar-refractivity contribution in [1.82, 2.24) is 20.2 Å². The molecule has 2 aromatic heterocycles. The topological polar surface area (TPSA) is 54.5 Å². The number of hydrogen-bond donors (Lipinski definition) is 1. The maximum atomic E-state index is 3.94. The molecule has 2 aromatic rings. The van der Waals surface area contributed by atoms with Crippen molar-refractivity contribution in [3.63, 3.8) is 0 Å². The molecule has 2 heterocycles. The van der Waals surface area contributed by atoms with Crippen LogP contribution in [0.15, 0.2) is 24.5 Å². The Bertz CT molecular complexity index is 313. The van der Waals surface area contributed by atoms with Gasteiger partial charge < -0.3 is 4.98 Å². The summed E-state index contributed by atoms with van der Waals surface area (Å²) in [5, 5.41) is 7.33. The van der Waals surface area contributed by atoms with Gasteiger partial charge in [-0.25, -0.2) is 0 Å². The summed E-state index contributed by atoms with van der Waals surface area (Å²) < 4.78 is 0. The Morgan fingerprint density at radius 1 is 1.45 bits per heavy atom. The normalized spacial score (nSPS) is 9.82. The Morgan fingerprint density at radius 2 is 2.45 bits per heavy atom. The van der Waals surface area contributed by atoms with E-state index in [2.05, 4.69) is 26.5 Å². The van der Waals surface area contributed by atoms with Crippen LogP contribution in [0.5, 0.6) is 0 Å². The summed E-state index contributed by atoms with van der Waals surface area (Å²) >= 11 is 0.